The zero-order valence-corrected chi connectivity index (χ0v) is 10.9. The van der Waals surface area contributed by atoms with Crippen LogP contribution in [0.25, 0.3) is 0 Å². The molecule has 0 fully saturated rings. The molecule has 5 heteroatoms. The first-order chi connectivity index (χ1) is 8.69. The largest absolute Gasteiger partial charge is 0.497 e. The fourth-order valence-corrected chi connectivity index (χ4v) is 1.61. The van der Waals surface area contributed by atoms with E-state index in [2.05, 4.69) is 10.6 Å². The summed E-state index contributed by atoms with van der Waals surface area (Å²) in [5, 5.41) is 5.99. The smallest absolute Gasteiger partial charge is 0.222 e. The van der Waals surface area contributed by atoms with Crippen LogP contribution in [0.5, 0.6) is 5.75 Å². The standard InChI is InChI=1S/C13H21N3O2/c1-3-15-13(17)8-11(9-14)16-10-4-6-12(18-2)7-5-10/h4-7,11,16H,3,8-9,14H2,1-2H3,(H,15,17). The van der Waals surface area contributed by atoms with Gasteiger partial charge in [0.05, 0.1) is 7.11 Å². The number of carbonyl (C=O) groups is 1. The highest BCUT2D eigenvalue weighted by Gasteiger charge is 2.11. The summed E-state index contributed by atoms with van der Waals surface area (Å²) in [4.78, 5) is 11.5. The molecule has 0 bridgehead atoms. The van der Waals surface area contributed by atoms with Gasteiger partial charge in [0.1, 0.15) is 5.75 Å². The van der Waals surface area contributed by atoms with Gasteiger partial charge in [-0.05, 0) is 31.2 Å². The molecule has 0 aliphatic rings. The quantitative estimate of drug-likeness (QED) is 0.674. The normalized spacial score (nSPS) is 11.7. The molecule has 1 aromatic rings. The van der Waals surface area contributed by atoms with Crippen molar-refractivity contribution in [2.75, 3.05) is 25.5 Å². The number of ether oxygens (including phenoxy) is 1. The lowest BCUT2D eigenvalue weighted by atomic mass is 10.1. The lowest BCUT2D eigenvalue weighted by Gasteiger charge is -2.17. The number of nitrogens with one attached hydrogen (secondary N) is 2. The molecule has 1 rings (SSSR count). The predicted molar refractivity (Wildman–Crippen MR) is 72.8 cm³/mol. The minimum Gasteiger partial charge on any atom is -0.497 e. The second-order valence-electron chi connectivity index (χ2n) is 3.96. The highest BCUT2D eigenvalue weighted by atomic mass is 16.5. The Morgan fingerprint density at radius 1 is 1.39 bits per heavy atom. The number of rotatable bonds is 7. The first-order valence-corrected chi connectivity index (χ1v) is 6.07. The molecule has 0 aromatic heterocycles. The minimum atomic E-state index is -0.0649. The number of benzene rings is 1. The number of methoxy groups -OCH3 is 1. The highest BCUT2D eigenvalue weighted by Crippen LogP contribution is 2.16. The van der Waals surface area contributed by atoms with Crippen LogP contribution < -0.4 is 21.1 Å². The van der Waals surface area contributed by atoms with Gasteiger partial charge in [0.25, 0.3) is 0 Å². The topological polar surface area (TPSA) is 76.4 Å². The molecule has 0 aliphatic heterocycles. The summed E-state index contributed by atoms with van der Waals surface area (Å²) in [7, 11) is 1.63. The minimum absolute atomic E-state index is 0.00830. The summed E-state index contributed by atoms with van der Waals surface area (Å²) in [5.74, 6) is 0.808. The highest BCUT2D eigenvalue weighted by molar-refractivity contribution is 5.77. The van der Waals surface area contributed by atoms with Gasteiger partial charge in [0.15, 0.2) is 0 Å². The van der Waals surface area contributed by atoms with Gasteiger partial charge in [0, 0.05) is 31.2 Å². The van der Waals surface area contributed by atoms with E-state index in [0.717, 1.165) is 11.4 Å². The van der Waals surface area contributed by atoms with Gasteiger partial charge < -0.3 is 21.1 Å². The van der Waals surface area contributed by atoms with Crippen molar-refractivity contribution in [1.29, 1.82) is 0 Å². The molecule has 5 nitrogen and oxygen atoms in total. The molecular weight excluding hydrogens is 230 g/mol. The molecule has 1 atom stereocenters. The third-order valence-corrected chi connectivity index (χ3v) is 2.55. The summed E-state index contributed by atoms with van der Waals surface area (Å²) in [6, 6.07) is 7.47. The Morgan fingerprint density at radius 3 is 2.56 bits per heavy atom. The van der Waals surface area contributed by atoms with Crippen LogP contribution in [0.3, 0.4) is 0 Å². The van der Waals surface area contributed by atoms with Gasteiger partial charge in [-0.1, -0.05) is 0 Å². The van der Waals surface area contributed by atoms with Crippen molar-refractivity contribution in [3.05, 3.63) is 24.3 Å². The predicted octanol–water partition coefficient (Wildman–Crippen LogP) is 0.961. The first kappa shape index (κ1) is 14.3. The third kappa shape index (κ3) is 4.63. The van der Waals surface area contributed by atoms with Crippen LogP contribution in [0.2, 0.25) is 0 Å². The average molecular weight is 251 g/mol. The second-order valence-corrected chi connectivity index (χ2v) is 3.96. The van der Waals surface area contributed by atoms with Gasteiger partial charge in [-0.25, -0.2) is 0 Å². The molecule has 0 spiro atoms. The van der Waals surface area contributed by atoms with Crippen LogP contribution in [-0.2, 0) is 4.79 Å². The van der Waals surface area contributed by atoms with Crippen LogP contribution in [0.1, 0.15) is 13.3 Å². The fraction of sp³-hybridized carbons (Fsp3) is 0.462. The van der Waals surface area contributed by atoms with E-state index in [1.165, 1.54) is 0 Å². The van der Waals surface area contributed by atoms with E-state index < -0.39 is 0 Å². The van der Waals surface area contributed by atoms with Crippen LogP contribution in [0.15, 0.2) is 24.3 Å². The number of amides is 1. The lowest BCUT2D eigenvalue weighted by molar-refractivity contribution is -0.121. The van der Waals surface area contributed by atoms with Gasteiger partial charge >= 0.3 is 0 Å². The summed E-state index contributed by atoms with van der Waals surface area (Å²) < 4.78 is 5.08. The molecular formula is C13H21N3O2. The Morgan fingerprint density at radius 2 is 2.06 bits per heavy atom. The zero-order valence-electron chi connectivity index (χ0n) is 10.9. The van der Waals surface area contributed by atoms with E-state index in [1.807, 2.05) is 31.2 Å². The van der Waals surface area contributed by atoms with Gasteiger partial charge in [-0.15, -0.1) is 0 Å². The number of hydrogen-bond donors (Lipinski definition) is 3. The first-order valence-electron chi connectivity index (χ1n) is 6.07. The molecule has 1 aromatic carbocycles. The van der Waals surface area contributed by atoms with E-state index in [-0.39, 0.29) is 11.9 Å². The second kappa shape index (κ2) is 7.55. The van der Waals surface area contributed by atoms with Crippen LogP contribution in [0, 0.1) is 0 Å². The van der Waals surface area contributed by atoms with Crippen LogP contribution in [-0.4, -0.2) is 32.1 Å². The number of anilines is 1. The average Bonchev–Trinajstić information content (AvgIpc) is 2.39. The van der Waals surface area contributed by atoms with Crippen LogP contribution in [0.4, 0.5) is 5.69 Å². The van der Waals surface area contributed by atoms with Crippen molar-refractivity contribution in [2.24, 2.45) is 5.73 Å². The number of carbonyl (C=O) groups excluding carboxylic acids is 1. The number of nitrogens with two attached hydrogens (primary N) is 1. The SMILES string of the molecule is CCNC(=O)CC(CN)Nc1ccc(OC)cc1. The monoisotopic (exact) mass is 251 g/mol. The maximum absolute atomic E-state index is 11.5. The molecule has 0 heterocycles. The summed E-state index contributed by atoms with van der Waals surface area (Å²) in [6.45, 7) is 2.94. The van der Waals surface area contributed by atoms with E-state index in [1.54, 1.807) is 7.11 Å². The lowest BCUT2D eigenvalue weighted by Crippen LogP contribution is -2.35. The van der Waals surface area contributed by atoms with Crippen molar-refractivity contribution in [2.45, 2.75) is 19.4 Å². The van der Waals surface area contributed by atoms with Crippen molar-refractivity contribution in [3.8, 4) is 5.75 Å². The summed E-state index contributed by atoms with van der Waals surface area (Å²) >= 11 is 0. The number of hydrogen-bond acceptors (Lipinski definition) is 4. The van der Waals surface area contributed by atoms with E-state index in [9.17, 15) is 4.79 Å². The Hall–Kier alpha value is -1.75. The van der Waals surface area contributed by atoms with Crippen molar-refractivity contribution < 1.29 is 9.53 Å². The molecule has 0 radical (unpaired) electrons. The Labute approximate surface area is 108 Å². The maximum atomic E-state index is 11.5. The van der Waals surface area contributed by atoms with Gasteiger partial charge in [-0.2, -0.15) is 0 Å². The Balaban J connectivity index is 2.53. The van der Waals surface area contributed by atoms with Crippen molar-refractivity contribution in [1.82, 2.24) is 5.32 Å². The Kier molecular flexibility index (Phi) is 6.00. The molecule has 0 saturated carbocycles. The van der Waals surface area contributed by atoms with E-state index >= 15 is 0 Å². The molecule has 4 N–H and O–H groups in total. The fourth-order valence-electron chi connectivity index (χ4n) is 1.61. The van der Waals surface area contributed by atoms with E-state index in [4.69, 9.17) is 10.5 Å². The van der Waals surface area contributed by atoms with Gasteiger partial charge in [0.2, 0.25) is 5.91 Å². The van der Waals surface area contributed by atoms with Crippen LogP contribution >= 0.6 is 0 Å². The summed E-state index contributed by atoms with van der Waals surface area (Å²) in [6.07, 6.45) is 0.371. The molecule has 1 amide bonds. The van der Waals surface area contributed by atoms with Gasteiger partial charge in [-0.3, -0.25) is 4.79 Å². The molecule has 18 heavy (non-hydrogen) atoms. The zero-order chi connectivity index (χ0) is 13.4. The van der Waals surface area contributed by atoms with Crippen molar-refractivity contribution in [3.63, 3.8) is 0 Å². The Bertz CT molecular complexity index is 365. The van der Waals surface area contributed by atoms with E-state index in [0.29, 0.717) is 19.5 Å². The molecule has 100 valence electrons. The molecule has 1 unspecified atom stereocenters. The molecule has 0 aliphatic carbocycles. The molecule has 0 saturated heterocycles. The maximum Gasteiger partial charge on any atom is 0.222 e. The summed E-state index contributed by atoms with van der Waals surface area (Å²) in [5.41, 5.74) is 6.58. The van der Waals surface area contributed by atoms with Crippen molar-refractivity contribution >= 4 is 11.6 Å². The third-order valence-electron chi connectivity index (χ3n) is 2.55.